The quantitative estimate of drug-likeness (QED) is 0.481. The normalized spacial score (nSPS) is 11.2. The number of thiophene rings is 1. The van der Waals surface area contributed by atoms with Crippen molar-refractivity contribution in [3.8, 4) is 5.75 Å². The van der Waals surface area contributed by atoms with Crippen LogP contribution in [0.15, 0.2) is 41.8 Å². The molecule has 0 saturated carbocycles. The maximum absolute atomic E-state index is 11.8. The van der Waals surface area contributed by atoms with E-state index >= 15 is 0 Å². The molecule has 0 aliphatic rings. The van der Waals surface area contributed by atoms with Crippen molar-refractivity contribution in [3.63, 3.8) is 0 Å². The molecule has 100 valence electrons. The zero-order valence-electron chi connectivity index (χ0n) is 9.55. The first-order chi connectivity index (χ1) is 8.98. The van der Waals surface area contributed by atoms with Gasteiger partial charge in [-0.1, -0.05) is 29.5 Å². The van der Waals surface area contributed by atoms with Gasteiger partial charge < -0.3 is 4.18 Å². The third-order valence-electron chi connectivity index (χ3n) is 2.19. The molecular weight excluding hydrogens is 290 g/mol. The van der Waals surface area contributed by atoms with E-state index in [4.69, 9.17) is 4.18 Å². The molecule has 0 spiro atoms. The minimum Gasteiger partial charge on any atom is -0.382 e. The molecule has 1 heterocycles. The topological polar surface area (TPSA) is 86.5 Å². The van der Waals surface area contributed by atoms with Crippen LogP contribution in [0.5, 0.6) is 5.75 Å². The van der Waals surface area contributed by atoms with Gasteiger partial charge in [-0.3, -0.25) is 10.1 Å². The number of nitro groups is 1. The summed E-state index contributed by atoms with van der Waals surface area (Å²) in [6.45, 7) is 0. The molecule has 0 radical (unpaired) electrons. The van der Waals surface area contributed by atoms with Crippen molar-refractivity contribution in [1.29, 1.82) is 0 Å². The first kappa shape index (κ1) is 13.5. The smallest absolute Gasteiger partial charge is 0.328 e. The molecular formula is C11H9NO5S2. The van der Waals surface area contributed by atoms with Crippen molar-refractivity contribution in [2.75, 3.05) is 0 Å². The maximum atomic E-state index is 11.8. The second-order valence-corrected chi connectivity index (χ2v) is 6.07. The molecule has 6 nitrogen and oxygen atoms in total. The van der Waals surface area contributed by atoms with Crippen molar-refractivity contribution in [1.82, 2.24) is 0 Å². The third-order valence-corrected chi connectivity index (χ3v) is 4.21. The highest BCUT2D eigenvalue weighted by Gasteiger charge is 2.23. The molecule has 1 aromatic carbocycles. The fraction of sp³-hybridized carbons (Fsp3) is 0.0909. The van der Waals surface area contributed by atoms with E-state index in [1.807, 2.05) is 0 Å². The first-order valence-corrected chi connectivity index (χ1v) is 7.61. The number of para-hydroxylation sites is 1. The SMILES string of the molecule is O=[N+]([O-])c1sccc1CS(=O)(=O)Oc1ccccc1. The van der Waals surface area contributed by atoms with Crippen LogP contribution < -0.4 is 4.18 Å². The Labute approximate surface area is 113 Å². The fourth-order valence-electron chi connectivity index (χ4n) is 1.44. The van der Waals surface area contributed by atoms with Gasteiger partial charge in [-0.2, -0.15) is 8.42 Å². The van der Waals surface area contributed by atoms with Crippen molar-refractivity contribution < 1.29 is 17.5 Å². The Hall–Kier alpha value is -1.93. The van der Waals surface area contributed by atoms with Crippen LogP contribution in [0.1, 0.15) is 5.56 Å². The number of benzene rings is 1. The number of nitrogens with zero attached hydrogens (tertiary/aromatic N) is 1. The van der Waals surface area contributed by atoms with Crippen molar-refractivity contribution in [2.24, 2.45) is 0 Å². The zero-order chi connectivity index (χ0) is 13.9. The van der Waals surface area contributed by atoms with Gasteiger partial charge in [-0.05, 0) is 23.6 Å². The Morgan fingerprint density at radius 3 is 2.53 bits per heavy atom. The summed E-state index contributed by atoms with van der Waals surface area (Å²) in [6, 6.07) is 9.41. The van der Waals surface area contributed by atoms with Gasteiger partial charge in [0, 0.05) is 0 Å². The van der Waals surface area contributed by atoms with E-state index in [-0.39, 0.29) is 16.3 Å². The van der Waals surface area contributed by atoms with E-state index in [1.165, 1.54) is 23.6 Å². The molecule has 1 aromatic heterocycles. The van der Waals surface area contributed by atoms with Gasteiger partial charge in [-0.25, -0.2) is 0 Å². The van der Waals surface area contributed by atoms with Crippen LogP contribution in [0, 0.1) is 10.1 Å². The Kier molecular flexibility index (Phi) is 3.82. The number of rotatable bonds is 5. The van der Waals surface area contributed by atoms with E-state index in [2.05, 4.69) is 0 Å². The minimum absolute atomic E-state index is 0.130. The van der Waals surface area contributed by atoms with Gasteiger partial charge in [0.1, 0.15) is 11.5 Å². The Bertz CT molecular complexity index is 678. The molecule has 0 aliphatic carbocycles. The molecule has 0 amide bonds. The third kappa shape index (κ3) is 3.52. The fourth-order valence-corrected chi connectivity index (χ4v) is 3.35. The molecule has 0 aliphatic heterocycles. The summed E-state index contributed by atoms with van der Waals surface area (Å²) in [5, 5.41) is 12.0. The summed E-state index contributed by atoms with van der Waals surface area (Å²) < 4.78 is 28.5. The molecule has 0 bridgehead atoms. The van der Waals surface area contributed by atoms with Gasteiger partial charge in [0.2, 0.25) is 0 Å². The standard InChI is InChI=1S/C11H9NO5S2/c13-12(14)11-9(6-7-18-11)8-19(15,16)17-10-4-2-1-3-5-10/h1-7H,8H2. The summed E-state index contributed by atoms with van der Waals surface area (Å²) in [7, 11) is -3.91. The van der Waals surface area contributed by atoms with Crippen LogP contribution in [-0.4, -0.2) is 13.3 Å². The number of hydrogen-bond donors (Lipinski definition) is 0. The lowest BCUT2D eigenvalue weighted by atomic mass is 10.3. The summed E-state index contributed by atoms with van der Waals surface area (Å²) in [5.41, 5.74) is 0.130. The molecule has 0 unspecified atom stereocenters. The average Bonchev–Trinajstić information content (AvgIpc) is 2.77. The minimum atomic E-state index is -3.91. The molecule has 0 atom stereocenters. The van der Waals surface area contributed by atoms with E-state index in [0.29, 0.717) is 0 Å². The average molecular weight is 299 g/mol. The monoisotopic (exact) mass is 299 g/mol. The summed E-state index contributed by atoms with van der Waals surface area (Å²) in [5.74, 6) is -0.345. The molecule has 0 fully saturated rings. The Balaban J connectivity index is 2.18. The van der Waals surface area contributed by atoms with E-state index in [0.717, 1.165) is 11.3 Å². The molecule has 2 rings (SSSR count). The van der Waals surface area contributed by atoms with Gasteiger partial charge in [0.25, 0.3) is 0 Å². The van der Waals surface area contributed by atoms with E-state index in [1.54, 1.807) is 18.2 Å². The van der Waals surface area contributed by atoms with Crippen molar-refractivity contribution >= 4 is 26.5 Å². The molecule has 8 heteroatoms. The highest BCUT2D eigenvalue weighted by Crippen LogP contribution is 2.27. The van der Waals surface area contributed by atoms with Crippen LogP contribution in [0.2, 0.25) is 0 Å². The molecule has 2 aromatic rings. The lowest BCUT2D eigenvalue weighted by molar-refractivity contribution is -0.380. The maximum Gasteiger partial charge on any atom is 0.328 e. The summed E-state index contributed by atoms with van der Waals surface area (Å²) in [4.78, 5) is 10.1. The predicted molar refractivity (Wildman–Crippen MR) is 70.7 cm³/mol. The largest absolute Gasteiger partial charge is 0.382 e. The Morgan fingerprint density at radius 1 is 1.21 bits per heavy atom. The van der Waals surface area contributed by atoms with E-state index < -0.39 is 20.8 Å². The van der Waals surface area contributed by atoms with Gasteiger partial charge in [0.15, 0.2) is 0 Å². The van der Waals surface area contributed by atoms with Crippen LogP contribution in [-0.2, 0) is 15.9 Å². The summed E-state index contributed by atoms with van der Waals surface area (Å²) in [6.07, 6.45) is 0. The highest BCUT2D eigenvalue weighted by atomic mass is 32.2. The van der Waals surface area contributed by atoms with E-state index in [9.17, 15) is 18.5 Å². The summed E-state index contributed by atoms with van der Waals surface area (Å²) >= 11 is 0.886. The molecule has 19 heavy (non-hydrogen) atoms. The Morgan fingerprint density at radius 2 is 1.89 bits per heavy atom. The molecule has 0 N–H and O–H groups in total. The van der Waals surface area contributed by atoms with Crippen LogP contribution in [0.3, 0.4) is 0 Å². The van der Waals surface area contributed by atoms with Crippen molar-refractivity contribution in [3.05, 3.63) is 57.5 Å². The molecule has 0 saturated heterocycles. The van der Waals surface area contributed by atoms with Crippen LogP contribution >= 0.6 is 11.3 Å². The van der Waals surface area contributed by atoms with Gasteiger partial charge >= 0.3 is 15.1 Å². The number of hydrogen-bond acceptors (Lipinski definition) is 6. The highest BCUT2D eigenvalue weighted by molar-refractivity contribution is 7.86. The second-order valence-electron chi connectivity index (χ2n) is 3.61. The van der Waals surface area contributed by atoms with Gasteiger partial charge in [0.05, 0.1) is 10.5 Å². The predicted octanol–water partition coefficient (Wildman–Crippen LogP) is 2.57. The zero-order valence-corrected chi connectivity index (χ0v) is 11.2. The lowest BCUT2D eigenvalue weighted by Gasteiger charge is -2.05. The van der Waals surface area contributed by atoms with Crippen LogP contribution in [0.25, 0.3) is 0 Å². The van der Waals surface area contributed by atoms with Crippen molar-refractivity contribution in [2.45, 2.75) is 5.75 Å². The first-order valence-electron chi connectivity index (χ1n) is 5.16. The second kappa shape index (κ2) is 5.37. The van der Waals surface area contributed by atoms with Gasteiger partial charge in [-0.15, -0.1) is 0 Å². The van der Waals surface area contributed by atoms with Crippen LogP contribution in [0.4, 0.5) is 5.00 Å². The lowest BCUT2D eigenvalue weighted by Crippen LogP contribution is -2.12.